The highest BCUT2D eigenvalue weighted by molar-refractivity contribution is 6.05. The number of benzene rings is 3. The normalized spacial score (nSPS) is 22.8. The molecule has 0 amide bonds. The van der Waals surface area contributed by atoms with Gasteiger partial charge in [0.25, 0.3) is 0 Å². The number of piperazine rings is 1. The van der Waals surface area contributed by atoms with Crippen molar-refractivity contribution in [1.29, 1.82) is 0 Å². The Morgan fingerprint density at radius 2 is 1.86 bits per heavy atom. The molecule has 4 aromatic rings. The van der Waals surface area contributed by atoms with E-state index in [1.54, 1.807) is 6.07 Å². The molecule has 3 aliphatic heterocycles. The summed E-state index contributed by atoms with van der Waals surface area (Å²) in [6.07, 6.45) is 10.7. The van der Waals surface area contributed by atoms with E-state index in [0.29, 0.717) is 24.7 Å². The lowest BCUT2D eigenvalue weighted by Gasteiger charge is -2.34. The van der Waals surface area contributed by atoms with Crippen molar-refractivity contribution in [2.45, 2.75) is 44.7 Å². The molecule has 4 fully saturated rings. The molecule has 0 spiro atoms. The average molecular weight is 590 g/mol. The maximum absolute atomic E-state index is 10.7. The third-order valence-electron chi connectivity index (χ3n) is 10.1. The lowest BCUT2D eigenvalue weighted by molar-refractivity contribution is 0.0231. The molecule has 8 rings (SSSR count). The lowest BCUT2D eigenvalue weighted by Crippen LogP contribution is -2.51. The molecule has 8 heteroatoms. The lowest BCUT2D eigenvalue weighted by atomic mass is 9.91. The topological polar surface area (TPSA) is 83.0 Å². The predicted octanol–water partition coefficient (Wildman–Crippen LogP) is 4.88. The van der Waals surface area contributed by atoms with E-state index in [1.165, 1.54) is 12.8 Å². The molecule has 226 valence electrons. The van der Waals surface area contributed by atoms with Crippen molar-refractivity contribution in [3.63, 3.8) is 0 Å². The van der Waals surface area contributed by atoms with Crippen LogP contribution in [0.25, 0.3) is 32.8 Å². The highest BCUT2D eigenvalue weighted by Gasteiger charge is 2.45. The fraction of sp³-hybridized carbons (Fsp3) is 0.444. The van der Waals surface area contributed by atoms with Crippen LogP contribution in [0, 0.1) is 24.7 Å². The second-order valence-electron chi connectivity index (χ2n) is 13.2. The van der Waals surface area contributed by atoms with Gasteiger partial charge in [-0.2, -0.15) is 9.97 Å². The fourth-order valence-electron chi connectivity index (χ4n) is 7.58. The molecule has 2 unspecified atom stereocenters. The van der Waals surface area contributed by atoms with E-state index in [2.05, 4.69) is 40.1 Å². The molecule has 2 bridgehead atoms. The molecule has 3 saturated heterocycles. The van der Waals surface area contributed by atoms with E-state index in [9.17, 15) is 5.11 Å². The summed E-state index contributed by atoms with van der Waals surface area (Å²) in [6.45, 7) is 9.17. The summed E-state index contributed by atoms with van der Waals surface area (Å²) in [7, 11) is 0. The molecule has 3 aromatic carbocycles. The van der Waals surface area contributed by atoms with Crippen molar-refractivity contribution in [1.82, 2.24) is 20.2 Å². The number of hydrogen-bond acceptors (Lipinski definition) is 8. The number of phenolic OH excluding ortho intramolecular Hbond substituents is 1. The van der Waals surface area contributed by atoms with Crippen LogP contribution < -0.4 is 15.0 Å². The van der Waals surface area contributed by atoms with E-state index >= 15 is 0 Å². The zero-order valence-electron chi connectivity index (χ0n) is 25.3. The summed E-state index contributed by atoms with van der Waals surface area (Å²) >= 11 is 0. The number of aryl methyl sites for hydroxylation is 1. The van der Waals surface area contributed by atoms with E-state index in [-0.39, 0.29) is 11.2 Å². The zero-order chi connectivity index (χ0) is 29.8. The SMILES string of the molecule is C#Cc1cccc2cc(O)cc(-c3ccc4c(N5CC6CCC(C5)N6)nc(OCC5(CN6CCOCC6)CC5)nc4c3C)c12. The quantitative estimate of drug-likeness (QED) is 0.296. The first-order chi connectivity index (χ1) is 21.5. The number of nitrogens with one attached hydrogen (secondary N) is 1. The van der Waals surface area contributed by atoms with Gasteiger partial charge in [-0.05, 0) is 78.9 Å². The maximum atomic E-state index is 10.7. The highest BCUT2D eigenvalue weighted by atomic mass is 16.5. The third-order valence-corrected chi connectivity index (χ3v) is 10.1. The minimum Gasteiger partial charge on any atom is -0.508 e. The Labute approximate surface area is 258 Å². The third kappa shape index (κ3) is 5.03. The Hall–Kier alpha value is -3.90. The standard InChI is InChI=1S/C36H39N5O3/c1-3-24-5-4-6-25-17-28(42)18-31(32(24)25)29-9-10-30-33(23(29)2)38-35(39-34(30)41-19-26-7-8-27(20-41)37-26)44-22-36(11-12-36)21-40-13-15-43-16-14-40/h1,4-6,9-10,17-18,26-27,37,42H,7-8,11-16,19-22H2,2H3. The largest absolute Gasteiger partial charge is 0.508 e. The van der Waals surface area contributed by atoms with Crippen molar-refractivity contribution >= 4 is 27.5 Å². The van der Waals surface area contributed by atoms with Gasteiger partial charge in [0.2, 0.25) is 0 Å². The Balaban J connectivity index is 1.21. The van der Waals surface area contributed by atoms with E-state index < -0.39 is 0 Å². The molecule has 0 radical (unpaired) electrons. The number of aromatic hydroxyl groups is 1. The summed E-state index contributed by atoms with van der Waals surface area (Å²) in [6, 6.07) is 15.1. The molecular weight excluding hydrogens is 550 g/mol. The number of terminal acetylenes is 1. The van der Waals surface area contributed by atoms with Crippen LogP contribution in [0.15, 0.2) is 42.5 Å². The Morgan fingerprint density at radius 1 is 1.07 bits per heavy atom. The Morgan fingerprint density at radius 3 is 2.61 bits per heavy atom. The second kappa shape index (κ2) is 10.9. The van der Waals surface area contributed by atoms with E-state index in [0.717, 1.165) is 109 Å². The second-order valence-corrected chi connectivity index (χ2v) is 13.2. The summed E-state index contributed by atoms with van der Waals surface area (Å²) in [4.78, 5) is 15.1. The van der Waals surface area contributed by atoms with Gasteiger partial charge in [0.15, 0.2) is 0 Å². The molecule has 4 aliphatic rings. The highest BCUT2D eigenvalue weighted by Crippen LogP contribution is 2.47. The Bertz CT molecular complexity index is 1780. The Kier molecular flexibility index (Phi) is 6.86. The van der Waals surface area contributed by atoms with Crippen molar-refractivity contribution in [2.75, 3.05) is 57.4 Å². The summed E-state index contributed by atoms with van der Waals surface area (Å²) < 4.78 is 12.1. The summed E-state index contributed by atoms with van der Waals surface area (Å²) in [5.74, 6) is 4.00. The van der Waals surface area contributed by atoms with E-state index in [4.69, 9.17) is 25.9 Å². The van der Waals surface area contributed by atoms with Crippen molar-refractivity contribution in [3.8, 4) is 35.2 Å². The number of fused-ring (bicyclic) bond motifs is 4. The molecule has 2 atom stereocenters. The smallest absolute Gasteiger partial charge is 0.318 e. The number of phenols is 1. The van der Waals surface area contributed by atoms with Crippen LogP contribution in [0.1, 0.15) is 36.8 Å². The van der Waals surface area contributed by atoms with Gasteiger partial charge in [0.05, 0.1) is 25.3 Å². The van der Waals surface area contributed by atoms with Gasteiger partial charge >= 0.3 is 6.01 Å². The molecule has 8 nitrogen and oxygen atoms in total. The molecule has 1 saturated carbocycles. The number of aromatic nitrogens is 2. The van der Waals surface area contributed by atoms with Crippen LogP contribution in [0.3, 0.4) is 0 Å². The molecule has 1 aliphatic carbocycles. The molecular formula is C36H39N5O3. The first-order valence-corrected chi connectivity index (χ1v) is 16.0. The van der Waals surface area contributed by atoms with Gasteiger partial charge in [-0.3, -0.25) is 4.90 Å². The number of nitrogens with zero attached hydrogens (tertiary/aromatic N) is 4. The van der Waals surface area contributed by atoms with Crippen LogP contribution >= 0.6 is 0 Å². The zero-order valence-corrected chi connectivity index (χ0v) is 25.3. The van der Waals surface area contributed by atoms with Crippen molar-refractivity contribution in [3.05, 3.63) is 53.6 Å². The van der Waals surface area contributed by atoms with E-state index in [1.807, 2.05) is 24.3 Å². The fourth-order valence-corrected chi connectivity index (χ4v) is 7.58. The first kappa shape index (κ1) is 27.6. The number of rotatable bonds is 7. The minimum atomic E-state index is 0.160. The van der Waals surface area contributed by atoms with Crippen LogP contribution in [-0.4, -0.2) is 84.6 Å². The van der Waals surface area contributed by atoms with Gasteiger partial charge in [-0.1, -0.05) is 24.1 Å². The molecule has 4 heterocycles. The predicted molar refractivity (Wildman–Crippen MR) is 173 cm³/mol. The monoisotopic (exact) mass is 589 g/mol. The number of anilines is 1. The molecule has 44 heavy (non-hydrogen) atoms. The molecule has 2 N–H and O–H groups in total. The van der Waals surface area contributed by atoms with Crippen LogP contribution in [0.2, 0.25) is 0 Å². The van der Waals surface area contributed by atoms with Gasteiger partial charge in [0, 0.05) is 66.6 Å². The van der Waals surface area contributed by atoms with Crippen molar-refractivity contribution < 1.29 is 14.6 Å². The summed E-state index contributed by atoms with van der Waals surface area (Å²) in [5.41, 5.74) is 4.74. The number of morpholine rings is 1. The number of ether oxygens (including phenoxy) is 2. The first-order valence-electron chi connectivity index (χ1n) is 16.0. The van der Waals surface area contributed by atoms with Crippen LogP contribution in [-0.2, 0) is 4.74 Å². The van der Waals surface area contributed by atoms with Gasteiger partial charge < -0.3 is 24.8 Å². The van der Waals surface area contributed by atoms with Crippen LogP contribution in [0.5, 0.6) is 11.8 Å². The maximum Gasteiger partial charge on any atom is 0.318 e. The molecule has 1 aromatic heterocycles. The van der Waals surface area contributed by atoms with Gasteiger partial charge in [-0.15, -0.1) is 6.42 Å². The van der Waals surface area contributed by atoms with Gasteiger partial charge in [0.1, 0.15) is 11.6 Å². The van der Waals surface area contributed by atoms with Gasteiger partial charge in [-0.25, -0.2) is 0 Å². The average Bonchev–Trinajstić information content (AvgIpc) is 3.73. The number of hydrogen-bond donors (Lipinski definition) is 2. The van der Waals surface area contributed by atoms with Crippen molar-refractivity contribution in [2.24, 2.45) is 5.41 Å². The minimum absolute atomic E-state index is 0.160. The van der Waals surface area contributed by atoms with Crippen LogP contribution in [0.4, 0.5) is 5.82 Å². The summed E-state index contributed by atoms with van der Waals surface area (Å²) in [5, 5.41) is 17.3.